The lowest BCUT2D eigenvalue weighted by Crippen LogP contribution is -2.35. The Kier molecular flexibility index (Phi) is 3.89. The second kappa shape index (κ2) is 5.99. The van der Waals surface area contributed by atoms with Crippen molar-refractivity contribution in [3.63, 3.8) is 0 Å². The highest BCUT2D eigenvalue weighted by Gasteiger charge is 2.24. The number of carbonyl (C=O) groups is 1. The van der Waals surface area contributed by atoms with Gasteiger partial charge in [-0.15, -0.1) is 0 Å². The second-order valence-electron chi connectivity index (χ2n) is 5.09. The molecule has 112 valence electrons. The van der Waals surface area contributed by atoms with E-state index in [-0.39, 0.29) is 5.91 Å². The van der Waals surface area contributed by atoms with Gasteiger partial charge in [0, 0.05) is 17.1 Å². The third-order valence-electron chi connectivity index (χ3n) is 3.51. The quantitative estimate of drug-likeness (QED) is 0.776. The predicted octanol–water partition coefficient (Wildman–Crippen LogP) is 2.68. The number of pyridine rings is 1. The molecule has 0 saturated heterocycles. The van der Waals surface area contributed by atoms with Crippen LogP contribution in [0.4, 0.5) is 0 Å². The Hall–Kier alpha value is -2.66. The van der Waals surface area contributed by atoms with Crippen molar-refractivity contribution in [2.45, 2.75) is 19.1 Å². The summed E-state index contributed by atoms with van der Waals surface area (Å²) in [5, 5.41) is 13.7. The number of fused-ring (bicyclic) bond motifs is 1. The first-order chi connectivity index (χ1) is 10.7. The maximum atomic E-state index is 12.3. The van der Waals surface area contributed by atoms with Crippen LogP contribution in [0, 0.1) is 0 Å². The number of aliphatic hydroxyl groups is 1. The Morgan fingerprint density at radius 2 is 2.00 bits per heavy atom. The molecule has 2 unspecified atom stereocenters. The predicted molar refractivity (Wildman–Crippen MR) is 82.3 cm³/mol. The largest absolute Gasteiger partial charge is 0.464 e. The summed E-state index contributed by atoms with van der Waals surface area (Å²) >= 11 is 0. The van der Waals surface area contributed by atoms with Gasteiger partial charge in [0.05, 0.1) is 24.1 Å². The number of furan rings is 1. The van der Waals surface area contributed by atoms with Gasteiger partial charge in [-0.3, -0.25) is 9.78 Å². The standard InChI is InChI=1S/C17H16N2O3/c1-11(20)15(19-17(21)12-5-3-2-4-6-12)16-13-8-10-22-14(13)7-9-18-16/h2-11,15,20H,1H3,(H,19,21). The van der Waals surface area contributed by atoms with Crippen LogP contribution in [0.25, 0.3) is 11.0 Å². The number of carbonyl (C=O) groups excluding carboxylic acids is 1. The van der Waals surface area contributed by atoms with E-state index in [0.717, 1.165) is 5.39 Å². The molecule has 0 aliphatic carbocycles. The monoisotopic (exact) mass is 296 g/mol. The number of hydrogen-bond acceptors (Lipinski definition) is 4. The van der Waals surface area contributed by atoms with Crippen molar-refractivity contribution < 1.29 is 14.3 Å². The number of benzene rings is 1. The molecule has 3 rings (SSSR count). The minimum absolute atomic E-state index is 0.256. The van der Waals surface area contributed by atoms with Crippen LogP contribution in [0.2, 0.25) is 0 Å². The minimum Gasteiger partial charge on any atom is -0.464 e. The Morgan fingerprint density at radius 1 is 1.23 bits per heavy atom. The molecule has 1 aromatic carbocycles. The molecular formula is C17H16N2O3. The van der Waals surface area contributed by atoms with Crippen molar-refractivity contribution in [3.05, 3.63) is 66.2 Å². The first-order valence-electron chi connectivity index (χ1n) is 7.03. The molecule has 0 aliphatic rings. The lowest BCUT2D eigenvalue weighted by Gasteiger charge is -2.21. The van der Waals surface area contributed by atoms with Crippen molar-refractivity contribution in [1.82, 2.24) is 10.3 Å². The van der Waals surface area contributed by atoms with Crippen LogP contribution in [0.15, 0.2) is 59.3 Å². The Labute approximate surface area is 127 Å². The van der Waals surface area contributed by atoms with E-state index < -0.39 is 12.1 Å². The zero-order valence-corrected chi connectivity index (χ0v) is 12.1. The molecule has 5 heteroatoms. The third kappa shape index (κ3) is 2.71. The van der Waals surface area contributed by atoms with E-state index >= 15 is 0 Å². The van der Waals surface area contributed by atoms with Crippen LogP contribution in [-0.2, 0) is 0 Å². The number of nitrogens with one attached hydrogen (secondary N) is 1. The van der Waals surface area contributed by atoms with Gasteiger partial charge in [-0.05, 0) is 31.2 Å². The highest BCUT2D eigenvalue weighted by atomic mass is 16.3. The number of aromatic nitrogens is 1. The molecule has 0 aliphatic heterocycles. The first kappa shape index (κ1) is 14.3. The Bertz CT molecular complexity index is 781. The maximum absolute atomic E-state index is 12.3. The smallest absolute Gasteiger partial charge is 0.251 e. The second-order valence-corrected chi connectivity index (χ2v) is 5.09. The molecule has 2 aromatic heterocycles. The fourth-order valence-electron chi connectivity index (χ4n) is 2.40. The molecule has 0 fully saturated rings. The summed E-state index contributed by atoms with van der Waals surface area (Å²) in [4.78, 5) is 16.6. The van der Waals surface area contributed by atoms with Gasteiger partial charge < -0.3 is 14.8 Å². The zero-order chi connectivity index (χ0) is 15.5. The lowest BCUT2D eigenvalue weighted by molar-refractivity contribution is 0.0856. The van der Waals surface area contributed by atoms with Gasteiger partial charge in [-0.25, -0.2) is 0 Å². The highest BCUT2D eigenvalue weighted by molar-refractivity contribution is 5.94. The molecular weight excluding hydrogens is 280 g/mol. The van der Waals surface area contributed by atoms with Crippen LogP contribution in [0.3, 0.4) is 0 Å². The fraction of sp³-hybridized carbons (Fsp3) is 0.176. The molecule has 5 nitrogen and oxygen atoms in total. The van der Waals surface area contributed by atoms with Gasteiger partial charge in [0.2, 0.25) is 0 Å². The summed E-state index contributed by atoms with van der Waals surface area (Å²) in [7, 11) is 0. The van der Waals surface area contributed by atoms with Crippen molar-refractivity contribution in [2.75, 3.05) is 0 Å². The van der Waals surface area contributed by atoms with Crippen LogP contribution in [0.5, 0.6) is 0 Å². The molecule has 0 spiro atoms. The van der Waals surface area contributed by atoms with Crippen molar-refractivity contribution in [2.24, 2.45) is 0 Å². The van der Waals surface area contributed by atoms with E-state index in [4.69, 9.17) is 4.42 Å². The molecule has 3 aromatic rings. The van der Waals surface area contributed by atoms with Gasteiger partial charge in [0.25, 0.3) is 5.91 Å². The van der Waals surface area contributed by atoms with Crippen molar-refractivity contribution in [1.29, 1.82) is 0 Å². The van der Waals surface area contributed by atoms with E-state index in [2.05, 4.69) is 10.3 Å². The Morgan fingerprint density at radius 3 is 2.73 bits per heavy atom. The first-order valence-corrected chi connectivity index (χ1v) is 7.03. The number of aliphatic hydroxyl groups excluding tert-OH is 1. The van der Waals surface area contributed by atoms with Crippen molar-refractivity contribution in [3.8, 4) is 0 Å². The van der Waals surface area contributed by atoms with E-state index in [0.29, 0.717) is 16.8 Å². The summed E-state index contributed by atoms with van der Waals surface area (Å²) in [5.74, 6) is -0.256. The molecule has 0 bridgehead atoms. The topological polar surface area (TPSA) is 75.4 Å². The van der Waals surface area contributed by atoms with Crippen LogP contribution < -0.4 is 5.32 Å². The average molecular weight is 296 g/mol. The summed E-state index contributed by atoms with van der Waals surface area (Å²) in [6.07, 6.45) is 2.37. The van der Waals surface area contributed by atoms with E-state index in [1.165, 1.54) is 0 Å². The third-order valence-corrected chi connectivity index (χ3v) is 3.51. The van der Waals surface area contributed by atoms with E-state index in [9.17, 15) is 9.90 Å². The average Bonchev–Trinajstić information content (AvgIpc) is 3.01. The molecule has 0 radical (unpaired) electrons. The van der Waals surface area contributed by atoms with E-state index in [1.54, 1.807) is 55.8 Å². The lowest BCUT2D eigenvalue weighted by atomic mass is 10.0. The summed E-state index contributed by atoms with van der Waals surface area (Å²) in [6, 6.07) is 11.8. The van der Waals surface area contributed by atoms with Gasteiger partial charge in [-0.1, -0.05) is 18.2 Å². The van der Waals surface area contributed by atoms with Gasteiger partial charge in [0.1, 0.15) is 5.58 Å². The SMILES string of the molecule is CC(O)C(NC(=O)c1ccccc1)c1nccc2occc12. The summed E-state index contributed by atoms with van der Waals surface area (Å²) < 4.78 is 5.34. The van der Waals surface area contributed by atoms with Gasteiger partial charge in [0.15, 0.2) is 0 Å². The molecule has 2 N–H and O–H groups in total. The van der Waals surface area contributed by atoms with Crippen LogP contribution in [0.1, 0.15) is 29.0 Å². The summed E-state index contributed by atoms with van der Waals surface area (Å²) in [6.45, 7) is 1.62. The normalized spacial score (nSPS) is 13.7. The van der Waals surface area contributed by atoms with Gasteiger partial charge in [-0.2, -0.15) is 0 Å². The van der Waals surface area contributed by atoms with Crippen molar-refractivity contribution >= 4 is 16.9 Å². The molecule has 2 atom stereocenters. The van der Waals surface area contributed by atoms with Crippen LogP contribution >= 0.6 is 0 Å². The zero-order valence-electron chi connectivity index (χ0n) is 12.1. The molecule has 2 heterocycles. The molecule has 0 saturated carbocycles. The maximum Gasteiger partial charge on any atom is 0.251 e. The molecule has 1 amide bonds. The van der Waals surface area contributed by atoms with Gasteiger partial charge >= 0.3 is 0 Å². The van der Waals surface area contributed by atoms with Crippen LogP contribution in [-0.4, -0.2) is 22.1 Å². The fourth-order valence-corrected chi connectivity index (χ4v) is 2.40. The van der Waals surface area contributed by atoms with E-state index in [1.807, 2.05) is 6.07 Å². The summed E-state index contributed by atoms with van der Waals surface area (Å²) in [5.41, 5.74) is 1.79. The Balaban J connectivity index is 1.94. The number of hydrogen-bond donors (Lipinski definition) is 2. The number of amides is 1. The minimum atomic E-state index is -0.791. The highest BCUT2D eigenvalue weighted by Crippen LogP contribution is 2.25. The molecule has 22 heavy (non-hydrogen) atoms. The number of nitrogens with zero attached hydrogens (tertiary/aromatic N) is 1. The number of rotatable bonds is 4.